The highest BCUT2D eigenvalue weighted by molar-refractivity contribution is 6.04. The molecule has 0 unspecified atom stereocenters. The van der Waals surface area contributed by atoms with E-state index in [1.54, 1.807) is 22.4 Å². The molecule has 4 heterocycles. The second-order valence-corrected chi connectivity index (χ2v) is 8.17. The Labute approximate surface area is 182 Å². The molecule has 0 atom stereocenters. The Morgan fingerprint density at radius 3 is 2.56 bits per heavy atom. The topological polar surface area (TPSA) is 96.5 Å². The lowest BCUT2D eigenvalue weighted by Crippen LogP contribution is -2.21. The molecule has 2 N–H and O–H groups in total. The molecule has 1 aromatic carbocycles. The smallest absolute Gasteiger partial charge is 0.333 e. The van der Waals surface area contributed by atoms with Crippen LogP contribution in [0.5, 0.6) is 0 Å². The fourth-order valence-corrected chi connectivity index (χ4v) is 3.96. The molecule has 0 radical (unpaired) electrons. The van der Waals surface area contributed by atoms with E-state index >= 15 is 0 Å². The van der Waals surface area contributed by atoms with Gasteiger partial charge in [0.1, 0.15) is 0 Å². The molecule has 0 bridgehead atoms. The van der Waals surface area contributed by atoms with Crippen molar-refractivity contribution in [3.8, 4) is 16.8 Å². The van der Waals surface area contributed by atoms with Crippen LogP contribution in [-0.2, 0) is 7.05 Å². The molecule has 162 valence electrons. The van der Waals surface area contributed by atoms with Gasteiger partial charge in [0.25, 0.3) is 0 Å². The molecule has 0 aliphatic rings. The predicted molar refractivity (Wildman–Crippen MR) is 122 cm³/mol. The quantitative estimate of drug-likeness (QED) is 0.469. The summed E-state index contributed by atoms with van der Waals surface area (Å²) in [4.78, 5) is 21.8. The molecule has 0 fully saturated rings. The second kappa shape index (κ2) is 7.01. The minimum atomic E-state index is -0.577. The van der Waals surface area contributed by atoms with Crippen molar-refractivity contribution >= 4 is 27.8 Å². The Balaban J connectivity index is 1.85. The van der Waals surface area contributed by atoms with E-state index in [4.69, 9.17) is 5.73 Å². The van der Waals surface area contributed by atoms with Crippen molar-refractivity contribution in [1.29, 1.82) is 0 Å². The molecule has 8 nitrogen and oxygen atoms in total. The molecule has 0 amide bonds. The molecule has 5 rings (SSSR count). The zero-order valence-electron chi connectivity index (χ0n) is 18.2. The SMILES string of the molecule is Cc1nn(C(C)C)cc1-n1c(=O)n(C)c2cnc3ccc(-c4cnc(N)c(F)c4)cc3c21. The zero-order valence-corrected chi connectivity index (χ0v) is 18.2. The highest BCUT2D eigenvalue weighted by Crippen LogP contribution is 2.30. The first-order chi connectivity index (χ1) is 15.3. The van der Waals surface area contributed by atoms with Crippen molar-refractivity contribution in [3.05, 3.63) is 64.9 Å². The summed E-state index contributed by atoms with van der Waals surface area (Å²) in [6.07, 6.45) is 5.11. The van der Waals surface area contributed by atoms with E-state index in [1.807, 2.05) is 49.8 Å². The molecular formula is C23H22FN7O. The van der Waals surface area contributed by atoms with E-state index in [0.29, 0.717) is 16.8 Å². The predicted octanol–water partition coefficient (Wildman–Crippen LogP) is 3.75. The number of imidazole rings is 1. The lowest BCUT2D eigenvalue weighted by Gasteiger charge is -2.08. The molecule has 9 heteroatoms. The normalized spacial score (nSPS) is 11.8. The Kier molecular flexibility index (Phi) is 4.37. The van der Waals surface area contributed by atoms with Crippen LogP contribution in [0, 0.1) is 12.7 Å². The highest BCUT2D eigenvalue weighted by Gasteiger charge is 2.20. The van der Waals surface area contributed by atoms with E-state index < -0.39 is 5.82 Å². The average molecular weight is 431 g/mol. The number of benzene rings is 1. The lowest BCUT2D eigenvalue weighted by molar-refractivity contribution is 0.529. The van der Waals surface area contributed by atoms with Crippen molar-refractivity contribution in [2.24, 2.45) is 7.05 Å². The first-order valence-electron chi connectivity index (χ1n) is 10.2. The van der Waals surface area contributed by atoms with E-state index in [-0.39, 0.29) is 17.5 Å². The van der Waals surface area contributed by atoms with Gasteiger partial charge >= 0.3 is 5.69 Å². The van der Waals surface area contributed by atoms with Crippen LogP contribution >= 0.6 is 0 Å². The average Bonchev–Trinajstić information content (AvgIpc) is 3.27. The minimum Gasteiger partial charge on any atom is -0.381 e. The fourth-order valence-electron chi connectivity index (χ4n) is 3.96. The summed E-state index contributed by atoms with van der Waals surface area (Å²) in [5.41, 5.74) is 10.3. The van der Waals surface area contributed by atoms with Crippen molar-refractivity contribution < 1.29 is 4.39 Å². The largest absolute Gasteiger partial charge is 0.381 e. The molecule has 0 saturated carbocycles. The summed E-state index contributed by atoms with van der Waals surface area (Å²) in [6.45, 7) is 5.96. The van der Waals surface area contributed by atoms with Gasteiger partial charge in [-0.3, -0.25) is 18.8 Å². The molecule has 0 aliphatic carbocycles. The highest BCUT2D eigenvalue weighted by atomic mass is 19.1. The van der Waals surface area contributed by atoms with Gasteiger partial charge in [-0.1, -0.05) is 6.07 Å². The van der Waals surface area contributed by atoms with E-state index in [9.17, 15) is 9.18 Å². The zero-order chi connectivity index (χ0) is 22.7. The maximum atomic E-state index is 14.0. The lowest BCUT2D eigenvalue weighted by atomic mass is 10.0. The number of pyridine rings is 2. The maximum absolute atomic E-state index is 14.0. The summed E-state index contributed by atoms with van der Waals surface area (Å²) in [6, 6.07) is 7.11. The number of rotatable bonds is 3. The summed E-state index contributed by atoms with van der Waals surface area (Å²) in [5.74, 6) is -0.722. The number of anilines is 1. The van der Waals surface area contributed by atoms with E-state index in [0.717, 1.165) is 27.7 Å². The maximum Gasteiger partial charge on any atom is 0.333 e. The van der Waals surface area contributed by atoms with Gasteiger partial charge < -0.3 is 5.73 Å². The van der Waals surface area contributed by atoms with Crippen molar-refractivity contribution in [1.82, 2.24) is 28.9 Å². The third kappa shape index (κ3) is 2.89. The number of aryl methyl sites for hydroxylation is 2. The van der Waals surface area contributed by atoms with Crippen molar-refractivity contribution in [2.75, 3.05) is 5.73 Å². The van der Waals surface area contributed by atoms with Gasteiger partial charge in [0.2, 0.25) is 0 Å². The van der Waals surface area contributed by atoms with Gasteiger partial charge in [-0.05, 0) is 44.5 Å². The molecule has 4 aromatic heterocycles. The Bertz CT molecular complexity index is 1580. The number of nitrogens with zero attached hydrogens (tertiary/aromatic N) is 6. The third-order valence-corrected chi connectivity index (χ3v) is 5.75. The Morgan fingerprint density at radius 2 is 1.88 bits per heavy atom. The van der Waals surface area contributed by atoms with Crippen LogP contribution in [0.25, 0.3) is 38.8 Å². The van der Waals surface area contributed by atoms with Gasteiger partial charge in [0.15, 0.2) is 11.6 Å². The Hall–Kier alpha value is -4.01. The van der Waals surface area contributed by atoms with Crippen LogP contribution in [0.4, 0.5) is 10.2 Å². The van der Waals surface area contributed by atoms with Crippen LogP contribution < -0.4 is 11.4 Å². The van der Waals surface area contributed by atoms with Gasteiger partial charge in [0.05, 0.1) is 34.1 Å². The molecule has 0 saturated heterocycles. The standard InChI is InChI=1S/C23H22FN7O/c1-12(2)30-11-20(13(3)28-30)31-21-16-7-14(15-8-17(24)22(25)27-9-15)5-6-18(16)26-10-19(21)29(4)23(31)32/h5-12H,1-4H3,(H2,25,27). The van der Waals surface area contributed by atoms with Crippen molar-refractivity contribution in [2.45, 2.75) is 26.8 Å². The van der Waals surface area contributed by atoms with E-state index in [1.165, 1.54) is 12.3 Å². The first-order valence-corrected chi connectivity index (χ1v) is 10.2. The number of fused-ring (bicyclic) bond motifs is 3. The number of nitrogens with two attached hydrogens (primary N) is 1. The van der Waals surface area contributed by atoms with Crippen LogP contribution in [-0.4, -0.2) is 28.9 Å². The summed E-state index contributed by atoms with van der Waals surface area (Å²) in [7, 11) is 1.72. The molecular weight excluding hydrogens is 409 g/mol. The van der Waals surface area contributed by atoms with Crippen LogP contribution in [0.15, 0.2) is 47.7 Å². The molecule has 0 aliphatic heterocycles. The number of hydrogen-bond acceptors (Lipinski definition) is 5. The fraction of sp³-hybridized carbons (Fsp3) is 0.217. The minimum absolute atomic E-state index is 0.145. The van der Waals surface area contributed by atoms with Crippen LogP contribution in [0.3, 0.4) is 0 Å². The number of hydrogen-bond donors (Lipinski definition) is 1. The van der Waals surface area contributed by atoms with Gasteiger partial charge in [0, 0.05) is 36.4 Å². The van der Waals surface area contributed by atoms with E-state index in [2.05, 4.69) is 15.1 Å². The van der Waals surface area contributed by atoms with Gasteiger partial charge in [-0.25, -0.2) is 14.2 Å². The number of aromatic nitrogens is 6. The Morgan fingerprint density at radius 1 is 1.09 bits per heavy atom. The second-order valence-electron chi connectivity index (χ2n) is 8.17. The van der Waals surface area contributed by atoms with Gasteiger partial charge in [-0.2, -0.15) is 5.10 Å². The molecule has 32 heavy (non-hydrogen) atoms. The number of nitrogen functional groups attached to an aromatic ring is 1. The molecule has 5 aromatic rings. The summed E-state index contributed by atoms with van der Waals surface area (Å²) >= 11 is 0. The van der Waals surface area contributed by atoms with Crippen LogP contribution in [0.2, 0.25) is 0 Å². The molecule has 0 spiro atoms. The van der Waals surface area contributed by atoms with Gasteiger partial charge in [-0.15, -0.1) is 0 Å². The third-order valence-electron chi connectivity index (χ3n) is 5.75. The summed E-state index contributed by atoms with van der Waals surface area (Å²) < 4.78 is 19.1. The number of halogens is 1. The first kappa shape index (κ1) is 19.9. The van der Waals surface area contributed by atoms with Crippen LogP contribution in [0.1, 0.15) is 25.6 Å². The summed E-state index contributed by atoms with van der Waals surface area (Å²) in [5, 5.41) is 5.35. The monoisotopic (exact) mass is 431 g/mol. The van der Waals surface area contributed by atoms with Crippen molar-refractivity contribution in [3.63, 3.8) is 0 Å².